The summed E-state index contributed by atoms with van der Waals surface area (Å²) in [6.07, 6.45) is 0.619. The molecular weight excluding hydrogens is 236 g/mol. The number of carbonyl (C=O) groups is 2. The Hall–Kier alpha value is -1.27. The molecule has 104 valence electrons. The molecule has 1 unspecified atom stereocenters. The number of carboxylic acids is 1. The minimum absolute atomic E-state index is 0.0956. The van der Waals surface area contributed by atoms with Crippen molar-refractivity contribution < 1.29 is 19.9 Å². The molecule has 0 saturated heterocycles. The predicted molar refractivity (Wildman–Crippen MR) is 67.7 cm³/mol. The van der Waals surface area contributed by atoms with Crippen LogP contribution in [0, 0.1) is 11.8 Å². The van der Waals surface area contributed by atoms with E-state index in [1.54, 1.807) is 0 Å². The Morgan fingerprint density at radius 1 is 1.17 bits per heavy atom. The van der Waals surface area contributed by atoms with E-state index >= 15 is 0 Å². The van der Waals surface area contributed by atoms with Gasteiger partial charge in [-0.3, -0.25) is 4.79 Å². The Kier molecular flexibility index (Phi) is 7.38. The van der Waals surface area contributed by atoms with Crippen molar-refractivity contribution >= 4 is 17.6 Å². The fourth-order valence-electron chi connectivity index (χ4n) is 1.46. The topological polar surface area (TPSA) is 99.0 Å². The Bertz CT molecular complexity index is 324. The van der Waals surface area contributed by atoms with E-state index in [1.807, 2.05) is 33.2 Å². The van der Waals surface area contributed by atoms with Gasteiger partial charge in [-0.25, -0.2) is 9.79 Å². The fraction of sp³-hybridized carbons (Fsp3) is 0.750. The first kappa shape index (κ1) is 16.7. The minimum atomic E-state index is -1.20. The molecule has 0 rings (SSSR count). The van der Waals surface area contributed by atoms with Gasteiger partial charge < -0.3 is 10.3 Å². The Balaban J connectivity index is 4.86. The SMILES string of the molecule is CC(C)CC(=NC(=O)C(CC(C)C)NO)C(=O)O. The minimum Gasteiger partial charge on any atom is -0.477 e. The zero-order valence-corrected chi connectivity index (χ0v) is 11.3. The van der Waals surface area contributed by atoms with Gasteiger partial charge in [0, 0.05) is 0 Å². The highest BCUT2D eigenvalue weighted by Crippen LogP contribution is 2.08. The van der Waals surface area contributed by atoms with Gasteiger partial charge in [0.15, 0.2) is 0 Å². The summed E-state index contributed by atoms with van der Waals surface area (Å²) in [4.78, 5) is 26.3. The first-order valence-corrected chi connectivity index (χ1v) is 6.02. The van der Waals surface area contributed by atoms with Gasteiger partial charge in [0.05, 0.1) is 0 Å². The number of hydrogen-bond donors (Lipinski definition) is 3. The van der Waals surface area contributed by atoms with Gasteiger partial charge in [0.25, 0.3) is 5.91 Å². The van der Waals surface area contributed by atoms with Crippen LogP contribution in [-0.4, -0.2) is 33.9 Å². The number of rotatable bonds is 7. The summed E-state index contributed by atoms with van der Waals surface area (Å²) in [6.45, 7) is 7.48. The number of carbonyl (C=O) groups excluding carboxylic acids is 1. The lowest BCUT2D eigenvalue weighted by Gasteiger charge is -2.14. The molecule has 0 aromatic carbocycles. The average Bonchev–Trinajstić information content (AvgIpc) is 2.23. The number of aliphatic carboxylic acids is 1. The number of carboxylic acid groups (broad SMARTS) is 1. The summed E-state index contributed by atoms with van der Waals surface area (Å²) in [6, 6.07) is -0.855. The molecule has 0 aliphatic rings. The summed E-state index contributed by atoms with van der Waals surface area (Å²) in [5, 5.41) is 17.8. The molecule has 0 aromatic heterocycles. The molecule has 0 radical (unpaired) electrons. The van der Waals surface area contributed by atoms with E-state index in [2.05, 4.69) is 4.99 Å². The zero-order valence-electron chi connectivity index (χ0n) is 11.3. The van der Waals surface area contributed by atoms with Crippen molar-refractivity contribution in [2.24, 2.45) is 16.8 Å². The van der Waals surface area contributed by atoms with Crippen molar-refractivity contribution in [3.05, 3.63) is 0 Å². The van der Waals surface area contributed by atoms with Gasteiger partial charge in [-0.1, -0.05) is 27.7 Å². The van der Waals surface area contributed by atoms with E-state index in [1.165, 1.54) is 0 Å². The van der Waals surface area contributed by atoms with Crippen LogP contribution in [0.2, 0.25) is 0 Å². The highest BCUT2D eigenvalue weighted by atomic mass is 16.5. The van der Waals surface area contributed by atoms with E-state index in [9.17, 15) is 9.59 Å². The smallest absolute Gasteiger partial charge is 0.350 e. The Morgan fingerprint density at radius 3 is 2.06 bits per heavy atom. The standard InChI is InChI=1S/C12H22N2O4/c1-7(2)5-9(14-18)11(15)13-10(12(16)17)6-8(3)4/h7-9,14,18H,5-6H2,1-4H3,(H,16,17). The van der Waals surface area contributed by atoms with E-state index < -0.39 is 17.9 Å². The van der Waals surface area contributed by atoms with Gasteiger partial charge in [-0.15, -0.1) is 0 Å². The third kappa shape index (κ3) is 6.46. The lowest BCUT2D eigenvalue weighted by Crippen LogP contribution is -2.35. The highest BCUT2D eigenvalue weighted by molar-refractivity contribution is 6.37. The molecular formula is C12H22N2O4. The molecule has 1 amide bonds. The Labute approximate surface area is 107 Å². The summed E-state index contributed by atoms with van der Waals surface area (Å²) < 4.78 is 0. The van der Waals surface area contributed by atoms with Crippen molar-refractivity contribution in [3.63, 3.8) is 0 Å². The van der Waals surface area contributed by atoms with Crippen molar-refractivity contribution in [2.75, 3.05) is 0 Å². The molecule has 18 heavy (non-hydrogen) atoms. The van der Waals surface area contributed by atoms with E-state index in [0.29, 0.717) is 6.42 Å². The van der Waals surface area contributed by atoms with Crippen LogP contribution in [0.1, 0.15) is 40.5 Å². The highest BCUT2D eigenvalue weighted by Gasteiger charge is 2.21. The fourth-order valence-corrected chi connectivity index (χ4v) is 1.46. The van der Waals surface area contributed by atoms with Crippen LogP contribution in [0.3, 0.4) is 0 Å². The summed E-state index contributed by atoms with van der Waals surface area (Å²) >= 11 is 0. The van der Waals surface area contributed by atoms with Gasteiger partial charge in [-0.05, 0) is 24.7 Å². The molecule has 6 heteroatoms. The van der Waals surface area contributed by atoms with Crippen LogP contribution in [0.15, 0.2) is 4.99 Å². The summed E-state index contributed by atoms with van der Waals surface area (Å²) in [7, 11) is 0. The summed E-state index contributed by atoms with van der Waals surface area (Å²) in [5.41, 5.74) is 1.71. The molecule has 0 aliphatic carbocycles. The van der Waals surface area contributed by atoms with Crippen LogP contribution in [0.5, 0.6) is 0 Å². The lowest BCUT2D eigenvalue weighted by atomic mass is 10.0. The lowest BCUT2D eigenvalue weighted by molar-refractivity contribution is -0.130. The number of hydrogen-bond acceptors (Lipinski definition) is 4. The molecule has 1 atom stereocenters. The number of nitrogens with zero attached hydrogens (tertiary/aromatic N) is 1. The molecule has 0 heterocycles. The maximum absolute atomic E-state index is 11.7. The second-order valence-electron chi connectivity index (χ2n) is 5.11. The van der Waals surface area contributed by atoms with Crippen molar-refractivity contribution in [2.45, 2.75) is 46.6 Å². The number of amides is 1. The number of aliphatic imine (C=N–C) groups is 1. The number of hydroxylamine groups is 1. The van der Waals surface area contributed by atoms with E-state index in [-0.39, 0.29) is 24.0 Å². The van der Waals surface area contributed by atoms with Crippen LogP contribution in [-0.2, 0) is 9.59 Å². The Morgan fingerprint density at radius 2 is 1.72 bits per heavy atom. The quantitative estimate of drug-likeness (QED) is 0.474. The maximum atomic E-state index is 11.7. The second kappa shape index (κ2) is 7.94. The first-order valence-electron chi connectivity index (χ1n) is 6.02. The largest absolute Gasteiger partial charge is 0.477 e. The molecule has 0 fully saturated rings. The maximum Gasteiger partial charge on any atom is 0.350 e. The molecule has 0 aliphatic heterocycles. The van der Waals surface area contributed by atoms with Crippen LogP contribution in [0.4, 0.5) is 0 Å². The molecule has 0 aromatic rings. The van der Waals surface area contributed by atoms with Crippen molar-refractivity contribution in [3.8, 4) is 0 Å². The van der Waals surface area contributed by atoms with Gasteiger partial charge >= 0.3 is 5.97 Å². The molecule has 0 saturated carbocycles. The van der Waals surface area contributed by atoms with Crippen LogP contribution in [0.25, 0.3) is 0 Å². The first-order chi connectivity index (χ1) is 8.27. The normalized spacial score (nSPS) is 14.1. The van der Waals surface area contributed by atoms with Gasteiger partial charge in [-0.2, -0.15) is 5.48 Å². The van der Waals surface area contributed by atoms with Gasteiger partial charge in [0.2, 0.25) is 0 Å². The third-order valence-electron chi connectivity index (χ3n) is 2.25. The third-order valence-corrected chi connectivity index (χ3v) is 2.25. The molecule has 3 N–H and O–H groups in total. The average molecular weight is 258 g/mol. The molecule has 0 bridgehead atoms. The zero-order chi connectivity index (χ0) is 14.3. The van der Waals surface area contributed by atoms with E-state index in [4.69, 9.17) is 10.3 Å². The molecule has 0 spiro atoms. The van der Waals surface area contributed by atoms with E-state index in [0.717, 1.165) is 0 Å². The van der Waals surface area contributed by atoms with Crippen molar-refractivity contribution in [1.29, 1.82) is 0 Å². The molecule has 6 nitrogen and oxygen atoms in total. The van der Waals surface area contributed by atoms with Crippen molar-refractivity contribution in [1.82, 2.24) is 5.48 Å². The summed E-state index contributed by atoms with van der Waals surface area (Å²) in [5.74, 6) is -1.56. The number of nitrogens with one attached hydrogen (secondary N) is 1. The predicted octanol–water partition coefficient (Wildman–Crippen LogP) is 1.48. The van der Waals surface area contributed by atoms with Crippen LogP contribution < -0.4 is 5.48 Å². The second-order valence-corrected chi connectivity index (χ2v) is 5.11. The monoisotopic (exact) mass is 258 g/mol. The van der Waals surface area contributed by atoms with Gasteiger partial charge in [0.1, 0.15) is 11.8 Å². The van der Waals surface area contributed by atoms with Crippen LogP contribution >= 0.6 is 0 Å².